The molecular weight excluding hydrogens is 306 g/mol. The number of esters is 1. The van der Waals surface area contributed by atoms with Crippen LogP contribution in [-0.2, 0) is 14.3 Å². The maximum absolute atomic E-state index is 12.0. The summed E-state index contributed by atoms with van der Waals surface area (Å²) in [7, 11) is 3.56. The van der Waals surface area contributed by atoms with Crippen LogP contribution in [0.2, 0.25) is 0 Å². The lowest BCUT2D eigenvalue weighted by Gasteiger charge is -2.15. The van der Waals surface area contributed by atoms with E-state index in [9.17, 15) is 14.7 Å². The summed E-state index contributed by atoms with van der Waals surface area (Å²) in [6.45, 7) is 1.19. The van der Waals surface area contributed by atoms with Crippen LogP contribution >= 0.6 is 0 Å². The van der Waals surface area contributed by atoms with Crippen LogP contribution in [0.3, 0.4) is 0 Å². The smallest absolute Gasteiger partial charge is 0.354 e. The van der Waals surface area contributed by atoms with E-state index in [1.807, 2.05) is 0 Å². The van der Waals surface area contributed by atoms with Crippen molar-refractivity contribution < 1.29 is 19.4 Å². The number of nitrogens with zero attached hydrogens (tertiary/aromatic N) is 5. The number of aromatic nitrogens is 3. The largest absolute Gasteiger partial charge is 0.463 e. The number of aliphatic hydroxyl groups is 1. The van der Waals surface area contributed by atoms with Crippen molar-refractivity contribution in [3.63, 3.8) is 0 Å². The second-order valence-corrected chi connectivity index (χ2v) is 5.29. The van der Waals surface area contributed by atoms with Gasteiger partial charge in [0.2, 0.25) is 0 Å². The molecule has 2 heterocycles. The molecule has 0 aliphatic carbocycles. The summed E-state index contributed by atoms with van der Waals surface area (Å²) < 4.78 is 11.5. The molecule has 1 unspecified atom stereocenters. The summed E-state index contributed by atoms with van der Waals surface area (Å²) in [5.41, 5.74) is -0.587. The molecular formula is C13H19N5O5. The second-order valence-electron chi connectivity index (χ2n) is 5.29. The Morgan fingerprint density at radius 2 is 2.39 bits per heavy atom. The molecule has 10 heteroatoms. The fourth-order valence-corrected chi connectivity index (χ4v) is 2.00. The number of aliphatic hydroxyl groups excluding tert-OH is 1. The van der Waals surface area contributed by atoms with Crippen LogP contribution in [0.4, 0.5) is 5.95 Å². The summed E-state index contributed by atoms with van der Waals surface area (Å²) in [5.74, 6) is -0.428. The maximum atomic E-state index is 12.0. The summed E-state index contributed by atoms with van der Waals surface area (Å²) in [5, 5.41) is 9.92. The van der Waals surface area contributed by atoms with Crippen molar-refractivity contribution in [2.24, 2.45) is 4.99 Å². The first kappa shape index (κ1) is 17.0. The molecule has 23 heavy (non-hydrogen) atoms. The molecule has 0 bridgehead atoms. The Morgan fingerprint density at radius 3 is 3.00 bits per heavy atom. The van der Waals surface area contributed by atoms with Gasteiger partial charge in [-0.25, -0.2) is 14.8 Å². The summed E-state index contributed by atoms with van der Waals surface area (Å²) in [6.07, 6.45) is 0.660. The molecule has 1 N–H and O–H groups in total. The number of hydrogen-bond acceptors (Lipinski definition) is 8. The molecule has 126 valence electrons. The highest BCUT2D eigenvalue weighted by molar-refractivity contribution is 5.65. The third kappa shape index (κ3) is 4.57. The van der Waals surface area contributed by atoms with Crippen molar-refractivity contribution >= 4 is 18.3 Å². The zero-order valence-electron chi connectivity index (χ0n) is 13.1. The molecule has 1 saturated heterocycles. The van der Waals surface area contributed by atoms with E-state index >= 15 is 0 Å². The van der Waals surface area contributed by atoms with Gasteiger partial charge in [0, 0.05) is 27.4 Å². The Labute approximate surface area is 132 Å². The summed E-state index contributed by atoms with van der Waals surface area (Å²) in [4.78, 5) is 36.2. The van der Waals surface area contributed by atoms with E-state index in [4.69, 9.17) is 9.47 Å². The molecule has 3 atom stereocenters. The van der Waals surface area contributed by atoms with Gasteiger partial charge in [-0.3, -0.25) is 9.36 Å². The van der Waals surface area contributed by atoms with Crippen molar-refractivity contribution in [3.8, 4) is 0 Å². The first-order chi connectivity index (χ1) is 10.9. The Bertz CT molecular complexity index is 644. The van der Waals surface area contributed by atoms with Crippen molar-refractivity contribution in [3.05, 3.63) is 16.8 Å². The van der Waals surface area contributed by atoms with Gasteiger partial charge in [0.1, 0.15) is 25.3 Å². The Hall–Kier alpha value is -2.33. The van der Waals surface area contributed by atoms with Gasteiger partial charge in [0.25, 0.3) is 5.95 Å². The first-order valence-corrected chi connectivity index (χ1v) is 6.99. The molecule has 1 fully saturated rings. The number of ether oxygens (including phenoxy) is 2. The van der Waals surface area contributed by atoms with Crippen LogP contribution in [-0.4, -0.2) is 69.8 Å². The topological polar surface area (TPSA) is 119 Å². The van der Waals surface area contributed by atoms with E-state index in [-0.39, 0.29) is 19.0 Å². The normalized spacial score (nSPS) is 24.1. The minimum Gasteiger partial charge on any atom is -0.463 e. The zero-order valence-corrected chi connectivity index (χ0v) is 13.1. The van der Waals surface area contributed by atoms with Crippen LogP contribution in [0.15, 0.2) is 16.1 Å². The van der Waals surface area contributed by atoms with E-state index < -0.39 is 30.1 Å². The second kappa shape index (κ2) is 7.29. The number of carbonyl (C=O) groups excluding carboxylic acids is 1. The van der Waals surface area contributed by atoms with Crippen LogP contribution < -0.4 is 5.69 Å². The van der Waals surface area contributed by atoms with Gasteiger partial charge in [-0.15, -0.1) is 0 Å². The minimum absolute atomic E-state index is 0.0370. The van der Waals surface area contributed by atoms with Crippen LogP contribution in [0.25, 0.3) is 0 Å². The summed E-state index contributed by atoms with van der Waals surface area (Å²) in [6, 6.07) is 0. The van der Waals surface area contributed by atoms with E-state index in [0.29, 0.717) is 0 Å². The average Bonchev–Trinajstić information content (AvgIpc) is 2.84. The van der Waals surface area contributed by atoms with E-state index in [1.165, 1.54) is 24.2 Å². The molecule has 1 aliphatic heterocycles. The van der Waals surface area contributed by atoms with Crippen molar-refractivity contribution in [1.82, 2.24) is 19.4 Å². The molecule has 10 nitrogen and oxygen atoms in total. The maximum Gasteiger partial charge on any atom is 0.354 e. The number of rotatable bonds is 5. The van der Waals surface area contributed by atoms with Gasteiger partial charge in [-0.1, -0.05) is 0 Å². The Balaban J connectivity index is 2.08. The molecule has 1 aromatic heterocycles. The fraction of sp³-hybridized carbons (Fsp3) is 0.615. The highest BCUT2D eigenvalue weighted by Crippen LogP contribution is 2.27. The Kier molecular flexibility index (Phi) is 5.40. The van der Waals surface area contributed by atoms with E-state index in [1.54, 1.807) is 19.0 Å². The predicted octanol–water partition coefficient (Wildman–Crippen LogP) is -0.929. The molecule has 1 aromatic rings. The molecule has 0 radical (unpaired) electrons. The highest BCUT2D eigenvalue weighted by atomic mass is 16.6. The lowest BCUT2D eigenvalue weighted by Crippen LogP contribution is -2.29. The van der Waals surface area contributed by atoms with Gasteiger partial charge in [0.05, 0.1) is 12.4 Å². The molecule has 1 aliphatic rings. The quantitative estimate of drug-likeness (QED) is 0.419. The van der Waals surface area contributed by atoms with Crippen LogP contribution in [0.5, 0.6) is 0 Å². The average molecular weight is 325 g/mol. The lowest BCUT2D eigenvalue weighted by molar-refractivity contribution is -0.147. The lowest BCUT2D eigenvalue weighted by atomic mass is 10.2. The SMILES string of the molecule is CC(=O)OC[C@H]1O[C@@H](n2cnc(N=CN(C)C)nc2=O)CC1O. The molecule has 2 rings (SSSR count). The standard InChI is InChI=1S/C13H19N5O5/c1-8(19)22-5-10-9(20)4-11(23-10)18-7-15-12(16-13(18)21)14-6-17(2)3/h6-7,9-11,20H,4-5H2,1-3H3/t9?,10-,11-/m1/s1. The minimum atomic E-state index is -0.849. The van der Waals surface area contributed by atoms with Crippen LogP contribution in [0, 0.1) is 0 Å². The van der Waals surface area contributed by atoms with Gasteiger partial charge in [-0.2, -0.15) is 4.98 Å². The number of aliphatic imine (C=N–C) groups is 1. The van der Waals surface area contributed by atoms with E-state index in [0.717, 1.165) is 0 Å². The first-order valence-electron chi connectivity index (χ1n) is 6.99. The highest BCUT2D eigenvalue weighted by Gasteiger charge is 2.36. The van der Waals surface area contributed by atoms with Crippen molar-refractivity contribution in [1.29, 1.82) is 0 Å². The summed E-state index contributed by atoms with van der Waals surface area (Å²) >= 11 is 0. The van der Waals surface area contributed by atoms with Crippen molar-refractivity contribution in [2.75, 3.05) is 20.7 Å². The Morgan fingerprint density at radius 1 is 1.65 bits per heavy atom. The number of hydrogen-bond donors (Lipinski definition) is 1. The third-order valence-corrected chi connectivity index (χ3v) is 3.08. The molecule has 0 amide bonds. The van der Waals surface area contributed by atoms with Crippen molar-refractivity contribution in [2.45, 2.75) is 31.8 Å². The number of carbonyl (C=O) groups is 1. The van der Waals surface area contributed by atoms with Gasteiger partial charge in [-0.05, 0) is 0 Å². The zero-order chi connectivity index (χ0) is 17.0. The predicted molar refractivity (Wildman–Crippen MR) is 79.3 cm³/mol. The third-order valence-electron chi connectivity index (χ3n) is 3.08. The van der Waals surface area contributed by atoms with E-state index in [2.05, 4.69) is 15.0 Å². The fourth-order valence-electron chi connectivity index (χ4n) is 2.00. The molecule has 0 saturated carbocycles. The molecule has 0 aromatic carbocycles. The monoisotopic (exact) mass is 325 g/mol. The van der Waals surface area contributed by atoms with Gasteiger partial charge >= 0.3 is 11.7 Å². The molecule has 0 spiro atoms. The van der Waals surface area contributed by atoms with Gasteiger partial charge < -0.3 is 19.5 Å². The van der Waals surface area contributed by atoms with Gasteiger partial charge in [0.15, 0.2) is 0 Å². The van der Waals surface area contributed by atoms with Crippen LogP contribution in [0.1, 0.15) is 19.6 Å².